The van der Waals surface area contributed by atoms with Gasteiger partial charge < -0.3 is 10.0 Å². The van der Waals surface area contributed by atoms with Gasteiger partial charge in [-0.25, -0.2) is 0 Å². The number of allylic oxidation sites excluding steroid dienone is 1. The van der Waals surface area contributed by atoms with Crippen molar-refractivity contribution >= 4 is 40.1 Å². The fourth-order valence-corrected chi connectivity index (χ4v) is 3.90. The lowest BCUT2D eigenvalue weighted by molar-refractivity contribution is 0.426. The molecule has 2 nitrogen and oxygen atoms in total. The maximum atomic E-state index is 9.39. The molecular formula is C13H13BO2S. The lowest BCUT2D eigenvalue weighted by Crippen LogP contribution is -2.29. The Morgan fingerprint density at radius 2 is 2.18 bits per heavy atom. The number of rotatable bonds is 1. The van der Waals surface area contributed by atoms with Crippen LogP contribution in [-0.4, -0.2) is 17.2 Å². The van der Waals surface area contributed by atoms with Crippen LogP contribution in [0.2, 0.25) is 0 Å². The smallest absolute Gasteiger partial charge is 0.423 e. The van der Waals surface area contributed by atoms with Crippen LogP contribution < -0.4 is 5.46 Å². The molecule has 1 aliphatic carbocycles. The molecule has 1 heterocycles. The van der Waals surface area contributed by atoms with Gasteiger partial charge in [-0.15, -0.1) is 11.3 Å². The lowest BCUT2D eigenvalue weighted by atomic mass is 9.79. The molecule has 17 heavy (non-hydrogen) atoms. The Bertz CT molecular complexity index is 601. The van der Waals surface area contributed by atoms with Crippen molar-refractivity contribution in [1.82, 2.24) is 0 Å². The molecule has 0 amide bonds. The Kier molecular flexibility index (Phi) is 2.58. The summed E-state index contributed by atoms with van der Waals surface area (Å²) in [5, 5.41) is 20.0. The monoisotopic (exact) mass is 244 g/mol. The second kappa shape index (κ2) is 3.98. The molecule has 0 saturated heterocycles. The summed E-state index contributed by atoms with van der Waals surface area (Å²) >= 11 is 1.65. The number of thiophene rings is 1. The Hall–Kier alpha value is -1.10. The van der Waals surface area contributed by atoms with E-state index in [2.05, 4.69) is 25.1 Å². The summed E-state index contributed by atoms with van der Waals surface area (Å²) in [5.74, 6) is 0.509. The number of hydrogen-bond donors (Lipinski definition) is 2. The Labute approximate surface area is 104 Å². The van der Waals surface area contributed by atoms with E-state index in [0.29, 0.717) is 11.4 Å². The van der Waals surface area contributed by atoms with Crippen LogP contribution in [0.15, 0.2) is 24.3 Å². The van der Waals surface area contributed by atoms with Gasteiger partial charge >= 0.3 is 7.12 Å². The van der Waals surface area contributed by atoms with Gasteiger partial charge in [-0.05, 0) is 34.8 Å². The van der Waals surface area contributed by atoms with Gasteiger partial charge in [-0.2, -0.15) is 0 Å². The first-order chi connectivity index (χ1) is 8.18. The van der Waals surface area contributed by atoms with E-state index in [1.807, 2.05) is 6.07 Å². The molecule has 0 bridgehead atoms. The maximum absolute atomic E-state index is 9.39. The molecule has 0 spiro atoms. The van der Waals surface area contributed by atoms with E-state index in [0.717, 1.165) is 11.1 Å². The highest BCUT2D eigenvalue weighted by Gasteiger charge is 2.23. The number of benzene rings is 1. The molecule has 4 heteroatoms. The molecule has 1 atom stereocenters. The number of hydrogen-bond acceptors (Lipinski definition) is 3. The van der Waals surface area contributed by atoms with Crippen LogP contribution >= 0.6 is 11.3 Å². The highest BCUT2D eigenvalue weighted by molar-refractivity contribution is 7.21. The summed E-state index contributed by atoms with van der Waals surface area (Å²) in [6.45, 7) is 2.22. The molecule has 2 N–H and O–H groups in total. The molecule has 3 rings (SSSR count). The Morgan fingerprint density at radius 3 is 2.94 bits per heavy atom. The molecule has 1 aromatic carbocycles. The summed E-state index contributed by atoms with van der Waals surface area (Å²) in [7, 11) is -1.39. The van der Waals surface area contributed by atoms with Gasteiger partial charge in [-0.1, -0.05) is 31.2 Å². The van der Waals surface area contributed by atoms with E-state index < -0.39 is 7.12 Å². The second-order valence-electron chi connectivity index (χ2n) is 4.52. The average molecular weight is 244 g/mol. The predicted molar refractivity (Wildman–Crippen MR) is 73.7 cm³/mol. The molecule has 1 aliphatic rings. The summed E-state index contributed by atoms with van der Waals surface area (Å²) in [5.41, 5.74) is 1.97. The van der Waals surface area contributed by atoms with Crippen molar-refractivity contribution in [3.63, 3.8) is 0 Å². The zero-order chi connectivity index (χ0) is 12.0. The molecule has 0 saturated carbocycles. The lowest BCUT2D eigenvalue weighted by Gasteiger charge is -2.14. The molecule has 86 valence electrons. The SMILES string of the molecule is C[C@@H]1CC=Cc2sc3c(B(O)O)cccc3c21. The zero-order valence-corrected chi connectivity index (χ0v) is 10.4. The van der Waals surface area contributed by atoms with Gasteiger partial charge in [0.2, 0.25) is 0 Å². The molecule has 0 aliphatic heterocycles. The summed E-state index contributed by atoms with van der Waals surface area (Å²) < 4.78 is 1.01. The third-order valence-corrected chi connectivity index (χ3v) is 4.58. The largest absolute Gasteiger partial charge is 0.489 e. The third kappa shape index (κ3) is 1.64. The third-order valence-electron chi connectivity index (χ3n) is 3.34. The van der Waals surface area contributed by atoms with Gasteiger partial charge in [0.05, 0.1) is 0 Å². The molecular weight excluding hydrogens is 231 g/mol. The van der Waals surface area contributed by atoms with Crippen LogP contribution in [0.4, 0.5) is 0 Å². The molecule has 2 aromatic rings. The normalized spacial score (nSPS) is 18.4. The van der Waals surface area contributed by atoms with Gasteiger partial charge in [0, 0.05) is 9.58 Å². The minimum absolute atomic E-state index is 0.509. The quantitative estimate of drug-likeness (QED) is 0.754. The van der Waals surface area contributed by atoms with E-state index >= 15 is 0 Å². The Morgan fingerprint density at radius 1 is 1.35 bits per heavy atom. The van der Waals surface area contributed by atoms with Crippen LogP contribution in [0.5, 0.6) is 0 Å². The van der Waals surface area contributed by atoms with Crippen LogP contribution in [0, 0.1) is 0 Å². The minimum Gasteiger partial charge on any atom is -0.423 e. The van der Waals surface area contributed by atoms with Crippen molar-refractivity contribution in [2.24, 2.45) is 0 Å². The molecule has 0 fully saturated rings. The van der Waals surface area contributed by atoms with E-state index in [9.17, 15) is 10.0 Å². The highest BCUT2D eigenvalue weighted by Crippen LogP contribution is 2.40. The first-order valence-corrected chi connectivity index (χ1v) is 6.58. The molecule has 0 radical (unpaired) electrons. The van der Waals surface area contributed by atoms with Gasteiger partial charge in [-0.3, -0.25) is 0 Å². The highest BCUT2D eigenvalue weighted by atomic mass is 32.1. The second-order valence-corrected chi connectivity index (χ2v) is 5.57. The van der Waals surface area contributed by atoms with Gasteiger partial charge in [0.1, 0.15) is 0 Å². The zero-order valence-electron chi connectivity index (χ0n) is 9.55. The summed E-state index contributed by atoms with van der Waals surface area (Å²) in [6.07, 6.45) is 5.40. The topological polar surface area (TPSA) is 40.5 Å². The van der Waals surface area contributed by atoms with Crippen molar-refractivity contribution in [3.8, 4) is 0 Å². The number of fused-ring (bicyclic) bond motifs is 3. The van der Waals surface area contributed by atoms with Crippen molar-refractivity contribution in [2.45, 2.75) is 19.3 Å². The van der Waals surface area contributed by atoms with E-state index in [-0.39, 0.29) is 0 Å². The van der Waals surface area contributed by atoms with E-state index in [1.54, 1.807) is 17.4 Å². The summed E-state index contributed by atoms with van der Waals surface area (Å²) in [6, 6.07) is 5.75. The minimum atomic E-state index is -1.39. The average Bonchev–Trinajstić information content (AvgIpc) is 2.67. The van der Waals surface area contributed by atoms with E-state index in [4.69, 9.17) is 0 Å². The van der Waals surface area contributed by atoms with Gasteiger partial charge in [0.15, 0.2) is 0 Å². The maximum Gasteiger partial charge on any atom is 0.489 e. The van der Waals surface area contributed by atoms with Crippen molar-refractivity contribution in [3.05, 3.63) is 34.7 Å². The standard InChI is InChI=1S/C13H13BO2S/c1-8-4-2-7-11-12(8)9-5-3-6-10(14(15)16)13(9)17-11/h2-3,5-8,15-16H,4H2,1H3/t8-/m1/s1. The van der Waals surface area contributed by atoms with Crippen molar-refractivity contribution < 1.29 is 10.0 Å². The molecule has 1 aromatic heterocycles. The van der Waals surface area contributed by atoms with Gasteiger partial charge in [0.25, 0.3) is 0 Å². The fraction of sp³-hybridized carbons (Fsp3) is 0.231. The Balaban J connectivity index is 2.35. The molecule has 0 unspecified atom stereocenters. The first kappa shape index (κ1) is 11.0. The predicted octanol–water partition coefficient (Wildman–Crippen LogP) is 2.10. The van der Waals surface area contributed by atoms with Crippen LogP contribution in [0.3, 0.4) is 0 Å². The van der Waals surface area contributed by atoms with Crippen LogP contribution in [0.1, 0.15) is 29.7 Å². The van der Waals surface area contributed by atoms with Crippen LogP contribution in [0.25, 0.3) is 16.2 Å². The van der Waals surface area contributed by atoms with Crippen LogP contribution in [-0.2, 0) is 0 Å². The first-order valence-electron chi connectivity index (χ1n) is 5.76. The fourth-order valence-electron chi connectivity index (χ4n) is 2.51. The van der Waals surface area contributed by atoms with E-state index in [1.165, 1.54) is 15.8 Å². The summed E-state index contributed by atoms with van der Waals surface area (Å²) in [4.78, 5) is 1.26. The van der Waals surface area contributed by atoms with Crippen molar-refractivity contribution in [2.75, 3.05) is 0 Å². The van der Waals surface area contributed by atoms with Crippen molar-refractivity contribution in [1.29, 1.82) is 0 Å².